The molecular formula is C19H17N3OS. The van der Waals surface area contributed by atoms with Gasteiger partial charge in [-0.25, -0.2) is 4.98 Å². The summed E-state index contributed by atoms with van der Waals surface area (Å²) < 4.78 is 0. The van der Waals surface area contributed by atoms with Gasteiger partial charge in [-0.05, 0) is 48.6 Å². The molecule has 1 aromatic carbocycles. The Kier molecular flexibility index (Phi) is 3.78. The third-order valence-corrected chi connectivity index (χ3v) is 5.09. The number of para-hydroxylation sites is 1. The monoisotopic (exact) mass is 335 g/mol. The average molecular weight is 335 g/mol. The topological polar surface area (TPSA) is 45.2 Å². The number of thiophene rings is 1. The molecule has 0 radical (unpaired) electrons. The van der Waals surface area contributed by atoms with Gasteiger partial charge in [-0.1, -0.05) is 24.3 Å². The number of carbonyl (C=O) groups is 1. The van der Waals surface area contributed by atoms with Crippen LogP contribution in [0.25, 0.3) is 0 Å². The lowest BCUT2D eigenvalue weighted by Crippen LogP contribution is -2.24. The maximum absolute atomic E-state index is 12.1. The van der Waals surface area contributed by atoms with Crippen LogP contribution < -0.4 is 10.2 Å². The summed E-state index contributed by atoms with van der Waals surface area (Å²) >= 11 is 1.42. The summed E-state index contributed by atoms with van der Waals surface area (Å²) in [6, 6.07) is 16.4. The molecule has 1 aliphatic rings. The number of nitrogens with zero attached hydrogens (tertiary/aromatic N) is 2. The Morgan fingerprint density at radius 3 is 2.83 bits per heavy atom. The standard InChI is InChI=1S/C19H17N3OS/c1-13-11-14-5-2-3-6-16(14)22(13)15-8-9-18(20-12-15)21-19(23)17-7-4-10-24-17/h2-10,12-13H,11H2,1H3,(H,20,21,23). The van der Waals surface area contributed by atoms with Crippen molar-refractivity contribution in [2.75, 3.05) is 10.2 Å². The molecule has 24 heavy (non-hydrogen) atoms. The number of nitrogens with one attached hydrogen (secondary N) is 1. The summed E-state index contributed by atoms with van der Waals surface area (Å²) in [5.74, 6) is 0.447. The molecule has 3 heterocycles. The molecule has 1 aliphatic heterocycles. The van der Waals surface area contributed by atoms with Crippen LogP contribution in [-0.4, -0.2) is 16.9 Å². The van der Waals surface area contributed by atoms with Gasteiger partial charge >= 0.3 is 0 Å². The van der Waals surface area contributed by atoms with E-state index in [1.54, 1.807) is 6.07 Å². The van der Waals surface area contributed by atoms with Gasteiger partial charge in [-0.15, -0.1) is 11.3 Å². The van der Waals surface area contributed by atoms with Gasteiger partial charge in [0.25, 0.3) is 5.91 Å². The van der Waals surface area contributed by atoms with Crippen LogP contribution in [0.4, 0.5) is 17.2 Å². The van der Waals surface area contributed by atoms with E-state index >= 15 is 0 Å². The fraction of sp³-hybridized carbons (Fsp3) is 0.158. The lowest BCUT2D eigenvalue weighted by atomic mass is 10.1. The van der Waals surface area contributed by atoms with Crippen molar-refractivity contribution in [3.05, 3.63) is 70.5 Å². The first-order chi connectivity index (χ1) is 11.7. The molecule has 4 rings (SSSR count). The van der Waals surface area contributed by atoms with Gasteiger partial charge < -0.3 is 10.2 Å². The summed E-state index contributed by atoms with van der Waals surface area (Å²) in [4.78, 5) is 19.5. The largest absolute Gasteiger partial charge is 0.337 e. The molecule has 1 N–H and O–H groups in total. The number of aromatic nitrogens is 1. The van der Waals surface area contributed by atoms with Crippen LogP contribution in [0.2, 0.25) is 0 Å². The zero-order valence-electron chi connectivity index (χ0n) is 13.3. The maximum Gasteiger partial charge on any atom is 0.266 e. The van der Waals surface area contributed by atoms with E-state index < -0.39 is 0 Å². The summed E-state index contributed by atoms with van der Waals surface area (Å²) in [5.41, 5.74) is 3.64. The lowest BCUT2D eigenvalue weighted by Gasteiger charge is -2.24. The van der Waals surface area contributed by atoms with E-state index in [-0.39, 0.29) is 5.91 Å². The van der Waals surface area contributed by atoms with E-state index in [4.69, 9.17) is 0 Å². The van der Waals surface area contributed by atoms with E-state index in [2.05, 4.69) is 46.4 Å². The van der Waals surface area contributed by atoms with Crippen molar-refractivity contribution < 1.29 is 4.79 Å². The second kappa shape index (κ2) is 6.09. The third kappa shape index (κ3) is 2.67. The zero-order valence-corrected chi connectivity index (χ0v) is 14.1. The number of fused-ring (bicyclic) bond motifs is 1. The number of hydrogen-bond donors (Lipinski definition) is 1. The van der Waals surface area contributed by atoms with Gasteiger partial charge in [0.2, 0.25) is 0 Å². The highest BCUT2D eigenvalue weighted by Crippen LogP contribution is 2.37. The lowest BCUT2D eigenvalue weighted by molar-refractivity contribution is 0.103. The van der Waals surface area contributed by atoms with Crippen LogP contribution in [0.15, 0.2) is 60.1 Å². The molecule has 3 aromatic rings. The number of hydrogen-bond acceptors (Lipinski definition) is 4. The molecule has 1 atom stereocenters. The van der Waals surface area contributed by atoms with Crippen molar-refractivity contribution in [3.8, 4) is 0 Å². The van der Waals surface area contributed by atoms with E-state index in [9.17, 15) is 4.79 Å². The molecular weight excluding hydrogens is 318 g/mol. The number of carbonyl (C=O) groups excluding carboxylic acids is 1. The second-order valence-electron chi connectivity index (χ2n) is 5.88. The smallest absolute Gasteiger partial charge is 0.266 e. The van der Waals surface area contributed by atoms with Crippen LogP contribution in [0.5, 0.6) is 0 Å². The summed E-state index contributed by atoms with van der Waals surface area (Å²) in [5, 5.41) is 4.72. The van der Waals surface area contributed by atoms with Gasteiger partial charge in [-0.3, -0.25) is 4.79 Å². The Hall–Kier alpha value is -2.66. The molecule has 4 nitrogen and oxygen atoms in total. The normalized spacial score (nSPS) is 16.0. The Labute approximate surface area is 144 Å². The molecule has 1 amide bonds. The first-order valence-corrected chi connectivity index (χ1v) is 8.78. The van der Waals surface area contributed by atoms with E-state index in [1.807, 2.05) is 29.8 Å². The Morgan fingerprint density at radius 2 is 2.08 bits per heavy atom. The van der Waals surface area contributed by atoms with Crippen molar-refractivity contribution in [2.45, 2.75) is 19.4 Å². The van der Waals surface area contributed by atoms with Crippen molar-refractivity contribution in [3.63, 3.8) is 0 Å². The fourth-order valence-corrected chi connectivity index (χ4v) is 3.77. The highest BCUT2D eigenvalue weighted by atomic mass is 32.1. The average Bonchev–Trinajstić information content (AvgIpc) is 3.23. The van der Waals surface area contributed by atoms with Gasteiger partial charge in [0, 0.05) is 11.7 Å². The molecule has 0 fully saturated rings. The minimum atomic E-state index is -0.120. The van der Waals surface area contributed by atoms with Crippen LogP contribution in [0, 0.1) is 0 Å². The number of anilines is 3. The molecule has 120 valence electrons. The van der Waals surface area contributed by atoms with Gasteiger partial charge in [0.1, 0.15) is 5.82 Å². The second-order valence-corrected chi connectivity index (χ2v) is 6.83. The quantitative estimate of drug-likeness (QED) is 0.767. The zero-order chi connectivity index (χ0) is 16.5. The molecule has 0 spiro atoms. The van der Waals surface area contributed by atoms with Gasteiger partial charge in [-0.2, -0.15) is 0 Å². The van der Waals surface area contributed by atoms with Crippen LogP contribution in [-0.2, 0) is 6.42 Å². The maximum atomic E-state index is 12.1. The van der Waals surface area contributed by atoms with Crippen molar-refractivity contribution >= 4 is 34.4 Å². The minimum absolute atomic E-state index is 0.120. The van der Waals surface area contributed by atoms with E-state index in [0.29, 0.717) is 16.7 Å². The predicted molar refractivity (Wildman–Crippen MR) is 98.3 cm³/mol. The van der Waals surface area contributed by atoms with Crippen LogP contribution in [0.1, 0.15) is 22.2 Å². The first kappa shape index (κ1) is 14.9. The minimum Gasteiger partial charge on any atom is -0.337 e. The molecule has 0 saturated heterocycles. The highest BCUT2D eigenvalue weighted by Gasteiger charge is 2.26. The predicted octanol–water partition coefficient (Wildman–Crippen LogP) is 4.48. The van der Waals surface area contributed by atoms with Crippen LogP contribution in [0.3, 0.4) is 0 Å². The van der Waals surface area contributed by atoms with Gasteiger partial charge in [0.05, 0.1) is 16.8 Å². The molecule has 5 heteroatoms. The molecule has 0 bridgehead atoms. The molecule has 2 aromatic heterocycles. The summed E-state index contributed by atoms with van der Waals surface area (Å²) in [6.07, 6.45) is 2.86. The number of benzene rings is 1. The van der Waals surface area contributed by atoms with Gasteiger partial charge in [0.15, 0.2) is 0 Å². The Bertz CT molecular complexity index is 859. The summed E-state index contributed by atoms with van der Waals surface area (Å²) in [6.45, 7) is 2.21. The van der Waals surface area contributed by atoms with Crippen molar-refractivity contribution in [2.24, 2.45) is 0 Å². The first-order valence-electron chi connectivity index (χ1n) is 7.90. The Morgan fingerprint density at radius 1 is 1.21 bits per heavy atom. The SMILES string of the molecule is CC1Cc2ccccc2N1c1ccc(NC(=O)c2cccs2)nc1. The Balaban J connectivity index is 1.55. The van der Waals surface area contributed by atoms with E-state index in [1.165, 1.54) is 22.6 Å². The highest BCUT2D eigenvalue weighted by molar-refractivity contribution is 7.12. The molecule has 0 saturated carbocycles. The number of rotatable bonds is 3. The molecule has 0 aliphatic carbocycles. The fourth-order valence-electron chi connectivity index (χ4n) is 3.15. The van der Waals surface area contributed by atoms with Crippen molar-refractivity contribution in [1.29, 1.82) is 0 Å². The third-order valence-electron chi connectivity index (χ3n) is 4.22. The number of amides is 1. The number of pyridine rings is 1. The summed E-state index contributed by atoms with van der Waals surface area (Å²) in [7, 11) is 0. The molecule has 1 unspecified atom stereocenters. The van der Waals surface area contributed by atoms with Crippen molar-refractivity contribution in [1.82, 2.24) is 4.98 Å². The van der Waals surface area contributed by atoms with E-state index in [0.717, 1.165) is 12.1 Å². The van der Waals surface area contributed by atoms with Crippen LogP contribution >= 0.6 is 11.3 Å².